The summed E-state index contributed by atoms with van der Waals surface area (Å²) >= 11 is 5.87. The minimum Gasteiger partial charge on any atom is -0.480 e. The lowest BCUT2D eigenvalue weighted by molar-refractivity contribution is -0.142. The van der Waals surface area contributed by atoms with Gasteiger partial charge >= 0.3 is 5.97 Å². The van der Waals surface area contributed by atoms with Gasteiger partial charge < -0.3 is 10.4 Å². The average molecular weight is 310 g/mol. The first kappa shape index (κ1) is 15.8. The fourth-order valence-corrected chi connectivity index (χ4v) is 2.69. The van der Waals surface area contributed by atoms with E-state index in [-0.39, 0.29) is 23.7 Å². The van der Waals surface area contributed by atoms with Gasteiger partial charge in [0.1, 0.15) is 6.04 Å². The number of hydrogen-bond donors (Lipinski definition) is 2. The van der Waals surface area contributed by atoms with Crippen LogP contribution in [0.25, 0.3) is 0 Å². The molecule has 0 bridgehead atoms. The standard InChI is InChI=1S/C16H20ClNO3/c1-9(2)13(10-5-7-12(17)8-6-10)15(19)18-14(16(20)21)11-3-4-11/h5-9,11,13-14H,3-4H2,1-2H3,(H,18,19)(H,20,21). The molecule has 21 heavy (non-hydrogen) atoms. The van der Waals surface area contributed by atoms with E-state index in [1.807, 2.05) is 26.0 Å². The summed E-state index contributed by atoms with van der Waals surface area (Å²) in [7, 11) is 0. The second kappa shape index (κ2) is 6.48. The summed E-state index contributed by atoms with van der Waals surface area (Å²) in [5, 5.41) is 12.5. The number of carboxylic acid groups (broad SMARTS) is 1. The zero-order valence-electron chi connectivity index (χ0n) is 12.2. The minimum atomic E-state index is -0.954. The van der Waals surface area contributed by atoms with Crippen LogP contribution in [0.15, 0.2) is 24.3 Å². The van der Waals surface area contributed by atoms with E-state index in [1.54, 1.807) is 12.1 Å². The number of carbonyl (C=O) groups is 2. The molecule has 1 amide bonds. The summed E-state index contributed by atoms with van der Waals surface area (Å²) in [6.07, 6.45) is 1.73. The highest BCUT2D eigenvalue weighted by molar-refractivity contribution is 6.30. The second-order valence-electron chi connectivity index (χ2n) is 5.94. The van der Waals surface area contributed by atoms with Gasteiger partial charge in [-0.15, -0.1) is 0 Å². The maximum absolute atomic E-state index is 12.5. The topological polar surface area (TPSA) is 66.4 Å². The monoisotopic (exact) mass is 309 g/mol. The lowest BCUT2D eigenvalue weighted by Crippen LogP contribution is -2.45. The third kappa shape index (κ3) is 3.97. The van der Waals surface area contributed by atoms with Crippen LogP contribution in [0.5, 0.6) is 0 Å². The first-order valence-electron chi connectivity index (χ1n) is 7.18. The van der Waals surface area contributed by atoms with Crippen molar-refractivity contribution in [2.24, 2.45) is 11.8 Å². The molecule has 0 aromatic heterocycles. The highest BCUT2D eigenvalue weighted by Crippen LogP contribution is 2.34. The molecule has 0 aliphatic heterocycles. The molecule has 1 aromatic carbocycles. The number of benzene rings is 1. The molecule has 2 unspecified atom stereocenters. The Morgan fingerprint density at radius 2 is 1.81 bits per heavy atom. The molecule has 1 aromatic rings. The van der Waals surface area contributed by atoms with Gasteiger partial charge in [-0.1, -0.05) is 37.6 Å². The van der Waals surface area contributed by atoms with Crippen molar-refractivity contribution in [3.05, 3.63) is 34.9 Å². The van der Waals surface area contributed by atoms with Gasteiger partial charge in [0.15, 0.2) is 0 Å². The van der Waals surface area contributed by atoms with E-state index in [2.05, 4.69) is 5.32 Å². The molecule has 2 atom stereocenters. The average Bonchev–Trinajstić information content (AvgIpc) is 3.22. The molecule has 0 spiro atoms. The molecule has 0 radical (unpaired) electrons. The van der Waals surface area contributed by atoms with Crippen molar-refractivity contribution >= 4 is 23.5 Å². The van der Waals surface area contributed by atoms with E-state index < -0.39 is 12.0 Å². The minimum absolute atomic E-state index is 0.0693. The fourth-order valence-electron chi connectivity index (χ4n) is 2.56. The molecule has 2 N–H and O–H groups in total. The molecular weight excluding hydrogens is 290 g/mol. The smallest absolute Gasteiger partial charge is 0.326 e. The van der Waals surface area contributed by atoms with Gasteiger partial charge in [-0.2, -0.15) is 0 Å². The lowest BCUT2D eigenvalue weighted by atomic mass is 9.87. The van der Waals surface area contributed by atoms with Crippen LogP contribution in [-0.4, -0.2) is 23.0 Å². The van der Waals surface area contributed by atoms with E-state index in [0.29, 0.717) is 5.02 Å². The van der Waals surface area contributed by atoms with Crippen LogP contribution in [0.2, 0.25) is 5.02 Å². The highest BCUT2D eigenvalue weighted by atomic mass is 35.5. The van der Waals surface area contributed by atoms with E-state index in [9.17, 15) is 14.7 Å². The lowest BCUT2D eigenvalue weighted by Gasteiger charge is -2.23. The molecule has 0 saturated heterocycles. The second-order valence-corrected chi connectivity index (χ2v) is 6.37. The van der Waals surface area contributed by atoms with E-state index in [1.165, 1.54) is 0 Å². The van der Waals surface area contributed by atoms with Crippen molar-refractivity contribution in [1.29, 1.82) is 0 Å². The van der Waals surface area contributed by atoms with Gasteiger partial charge in [0.25, 0.3) is 0 Å². The molecule has 4 nitrogen and oxygen atoms in total. The molecular formula is C16H20ClNO3. The predicted molar refractivity (Wildman–Crippen MR) is 81.3 cm³/mol. The van der Waals surface area contributed by atoms with Gasteiger partial charge in [0, 0.05) is 5.02 Å². The van der Waals surface area contributed by atoms with Crippen molar-refractivity contribution in [3.63, 3.8) is 0 Å². The van der Waals surface area contributed by atoms with E-state index in [0.717, 1.165) is 18.4 Å². The van der Waals surface area contributed by atoms with Crippen LogP contribution in [0.4, 0.5) is 0 Å². The van der Waals surface area contributed by atoms with Gasteiger partial charge in [-0.3, -0.25) is 4.79 Å². The summed E-state index contributed by atoms with van der Waals surface area (Å²) in [5.41, 5.74) is 0.854. The van der Waals surface area contributed by atoms with Crippen LogP contribution in [0.1, 0.15) is 38.2 Å². The molecule has 1 aliphatic rings. The molecule has 1 aliphatic carbocycles. The molecule has 1 fully saturated rings. The number of hydrogen-bond acceptors (Lipinski definition) is 2. The van der Waals surface area contributed by atoms with Gasteiger partial charge in [-0.25, -0.2) is 4.79 Å². The molecule has 114 valence electrons. The van der Waals surface area contributed by atoms with Gasteiger partial charge in [0.05, 0.1) is 5.92 Å². The first-order valence-corrected chi connectivity index (χ1v) is 7.56. The summed E-state index contributed by atoms with van der Waals surface area (Å²) < 4.78 is 0. The Hall–Kier alpha value is -1.55. The fraction of sp³-hybridized carbons (Fsp3) is 0.500. The van der Waals surface area contributed by atoms with Crippen molar-refractivity contribution in [2.75, 3.05) is 0 Å². The third-order valence-corrected chi connectivity index (χ3v) is 4.09. The molecule has 0 heterocycles. The van der Waals surface area contributed by atoms with Crippen LogP contribution in [-0.2, 0) is 9.59 Å². The number of carbonyl (C=O) groups excluding carboxylic acids is 1. The van der Waals surface area contributed by atoms with Crippen LogP contribution >= 0.6 is 11.6 Å². The Morgan fingerprint density at radius 1 is 1.24 bits per heavy atom. The Bertz CT molecular complexity index is 523. The zero-order chi connectivity index (χ0) is 15.6. The zero-order valence-corrected chi connectivity index (χ0v) is 12.9. The normalized spacial score (nSPS) is 17.3. The SMILES string of the molecule is CC(C)C(C(=O)NC(C(=O)O)C1CC1)c1ccc(Cl)cc1. The van der Waals surface area contributed by atoms with Crippen molar-refractivity contribution in [1.82, 2.24) is 5.32 Å². The number of carboxylic acids is 1. The maximum atomic E-state index is 12.5. The molecule has 1 saturated carbocycles. The van der Waals surface area contributed by atoms with Crippen molar-refractivity contribution in [3.8, 4) is 0 Å². The molecule has 2 rings (SSSR count). The highest BCUT2D eigenvalue weighted by Gasteiger charge is 2.38. The Morgan fingerprint density at radius 3 is 2.24 bits per heavy atom. The Kier molecular flexibility index (Phi) is 4.88. The van der Waals surface area contributed by atoms with Crippen LogP contribution in [0.3, 0.4) is 0 Å². The maximum Gasteiger partial charge on any atom is 0.326 e. The first-order chi connectivity index (χ1) is 9.90. The quantitative estimate of drug-likeness (QED) is 0.848. The number of aliphatic carboxylic acids is 1. The number of halogens is 1. The number of nitrogens with one attached hydrogen (secondary N) is 1. The number of rotatable bonds is 6. The van der Waals surface area contributed by atoms with E-state index >= 15 is 0 Å². The predicted octanol–water partition coefficient (Wildman–Crippen LogP) is 3.06. The summed E-state index contributed by atoms with van der Waals surface area (Å²) in [6, 6.07) is 6.36. The van der Waals surface area contributed by atoms with Crippen molar-refractivity contribution < 1.29 is 14.7 Å². The largest absolute Gasteiger partial charge is 0.480 e. The van der Waals surface area contributed by atoms with Crippen LogP contribution in [0, 0.1) is 11.8 Å². The summed E-state index contributed by atoms with van der Waals surface area (Å²) in [6.45, 7) is 3.90. The van der Waals surface area contributed by atoms with E-state index in [4.69, 9.17) is 11.6 Å². The number of amides is 1. The summed E-state index contributed by atoms with van der Waals surface area (Å²) in [5.74, 6) is -1.41. The van der Waals surface area contributed by atoms with Gasteiger partial charge in [-0.05, 0) is 42.4 Å². The van der Waals surface area contributed by atoms with Crippen molar-refractivity contribution in [2.45, 2.75) is 38.6 Å². The summed E-state index contributed by atoms with van der Waals surface area (Å²) in [4.78, 5) is 23.8. The van der Waals surface area contributed by atoms with Gasteiger partial charge in [0.2, 0.25) is 5.91 Å². The Labute approximate surface area is 129 Å². The Balaban J connectivity index is 2.15. The molecule has 5 heteroatoms. The third-order valence-electron chi connectivity index (χ3n) is 3.84. The van der Waals surface area contributed by atoms with Crippen LogP contribution < -0.4 is 5.32 Å².